The number of nitrogens with one attached hydrogen (secondary N) is 1. The Kier molecular flexibility index (Phi) is 5.50. The summed E-state index contributed by atoms with van der Waals surface area (Å²) in [5, 5.41) is 3.04. The Morgan fingerprint density at radius 2 is 1.89 bits per heavy atom. The summed E-state index contributed by atoms with van der Waals surface area (Å²) in [5.74, 6) is 3.11. The number of amides is 2. The first-order valence-corrected chi connectivity index (χ1v) is 10.7. The standard InChI is InChI=1S/C21H32N4O2/c1-15-2-6-17(7-3-15)21(27)24-9-8-19-22-13-18(25(19)11-10-24)14-23-20(26)12-16-4-5-16/h13,15-17H,2-12,14H2,1H3,(H,23,26). The zero-order valence-corrected chi connectivity index (χ0v) is 16.5. The molecule has 27 heavy (non-hydrogen) atoms. The first-order valence-electron chi connectivity index (χ1n) is 10.7. The Hall–Kier alpha value is -1.85. The third-order valence-electron chi connectivity index (χ3n) is 6.53. The highest BCUT2D eigenvalue weighted by Gasteiger charge is 2.29. The number of hydrogen-bond donors (Lipinski definition) is 1. The molecule has 0 unspecified atom stereocenters. The SMILES string of the molecule is CC1CCC(C(=O)N2CCc3ncc(CNC(=O)CC4CC4)n3CC2)CC1. The van der Waals surface area contributed by atoms with E-state index in [1.54, 1.807) is 0 Å². The van der Waals surface area contributed by atoms with Gasteiger partial charge in [-0.2, -0.15) is 0 Å². The maximum absolute atomic E-state index is 12.9. The Balaban J connectivity index is 1.32. The van der Waals surface area contributed by atoms with Crippen LogP contribution in [0.4, 0.5) is 0 Å². The van der Waals surface area contributed by atoms with Crippen LogP contribution in [0.2, 0.25) is 0 Å². The fourth-order valence-corrected chi connectivity index (χ4v) is 4.47. The molecule has 0 bridgehead atoms. The molecule has 6 nitrogen and oxygen atoms in total. The highest BCUT2D eigenvalue weighted by molar-refractivity contribution is 5.79. The van der Waals surface area contributed by atoms with Gasteiger partial charge in [0.2, 0.25) is 11.8 Å². The molecule has 1 aromatic heterocycles. The molecule has 0 atom stereocenters. The fraction of sp³-hybridized carbons (Fsp3) is 0.762. The molecule has 1 N–H and O–H groups in total. The number of nitrogens with zero attached hydrogens (tertiary/aromatic N) is 3. The lowest BCUT2D eigenvalue weighted by molar-refractivity contribution is -0.136. The molecule has 2 heterocycles. The summed E-state index contributed by atoms with van der Waals surface area (Å²) in [6.07, 6.45) is 10.2. The zero-order valence-electron chi connectivity index (χ0n) is 16.5. The third-order valence-corrected chi connectivity index (χ3v) is 6.53. The van der Waals surface area contributed by atoms with Crippen LogP contribution in [0.25, 0.3) is 0 Å². The molecule has 2 aliphatic carbocycles. The average molecular weight is 373 g/mol. The minimum absolute atomic E-state index is 0.144. The van der Waals surface area contributed by atoms with Gasteiger partial charge in [-0.3, -0.25) is 9.59 Å². The molecule has 4 rings (SSSR count). The first kappa shape index (κ1) is 18.5. The number of carbonyl (C=O) groups is 2. The second-order valence-electron chi connectivity index (χ2n) is 8.77. The van der Waals surface area contributed by atoms with Crippen molar-refractivity contribution >= 4 is 11.8 Å². The maximum Gasteiger partial charge on any atom is 0.225 e. The van der Waals surface area contributed by atoms with E-state index in [1.165, 1.54) is 25.7 Å². The van der Waals surface area contributed by atoms with Crippen molar-refractivity contribution in [3.8, 4) is 0 Å². The van der Waals surface area contributed by atoms with E-state index in [0.29, 0.717) is 24.8 Å². The Bertz CT molecular complexity index is 686. The van der Waals surface area contributed by atoms with E-state index in [0.717, 1.165) is 56.3 Å². The van der Waals surface area contributed by atoms with Crippen molar-refractivity contribution < 1.29 is 9.59 Å². The van der Waals surface area contributed by atoms with Crippen LogP contribution < -0.4 is 5.32 Å². The summed E-state index contributed by atoms with van der Waals surface area (Å²) in [6, 6.07) is 0. The highest BCUT2D eigenvalue weighted by Crippen LogP contribution is 2.32. The number of imidazole rings is 1. The summed E-state index contributed by atoms with van der Waals surface area (Å²) >= 11 is 0. The smallest absolute Gasteiger partial charge is 0.225 e. The van der Waals surface area contributed by atoms with Crippen LogP contribution in [-0.2, 0) is 29.1 Å². The predicted molar refractivity (Wildman–Crippen MR) is 103 cm³/mol. The molecule has 2 fully saturated rings. The number of hydrogen-bond acceptors (Lipinski definition) is 3. The predicted octanol–water partition coefficient (Wildman–Crippen LogP) is 2.51. The Labute approximate surface area is 161 Å². The van der Waals surface area contributed by atoms with Gasteiger partial charge in [0, 0.05) is 38.4 Å². The van der Waals surface area contributed by atoms with E-state index in [-0.39, 0.29) is 11.8 Å². The molecule has 0 radical (unpaired) electrons. The maximum atomic E-state index is 12.9. The van der Waals surface area contributed by atoms with Crippen LogP contribution >= 0.6 is 0 Å². The van der Waals surface area contributed by atoms with E-state index in [4.69, 9.17) is 0 Å². The van der Waals surface area contributed by atoms with Crippen LogP contribution in [0.5, 0.6) is 0 Å². The minimum Gasteiger partial charge on any atom is -0.350 e. The third kappa shape index (κ3) is 4.53. The van der Waals surface area contributed by atoms with Gasteiger partial charge in [0.1, 0.15) is 5.82 Å². The first-order chi connectivity index (χ1) is 13.1. The molecule has 0 aromatic carbocycles. The largest absolute Gasteiger partial charge is 0.350 e. The van der Waals surface area contributed by atoms with Gasteiger partial charge in [0.15, 0.2) is 0 Å². The topological polar surface area (TPSA) is 67.2 Å². The molecule has 1 aliphatic heterocycles. The average Bonchev–Trinajstić information content (AvgIpc) is 3.43. The molecule has 0 saturated heterocycles. The summed E-state index contributed by atoms with van der Waals surface area (Å²) in [7, 11) is 0. The van der Waals surface area contributed by atoms with Gasteiger partial charge >= 0.3 is 0 Å². The van der Waals surface area contributed by atoms with Gasteiger partial charge in [0.25, 0.3) is 0 Å². The Morgan fingerprint density at radius 3 is 2.63 bits per heavy atom. The monoisotopic (exact) mass is 372 g/mol. The molecule has 2 saturated carbocycles. The van der Waals surface area contributed by atoms with Gasteiger partial charge in [-0.25, -0.2) is 4.98 Å². The molecule has 6 heteroatoms. The number of fused-ring (bicyclic) bond motifs is 1. The lowest BCUT2D eigenvalue weighted by atomic mass is 9.82. The van der Waals surface area contributed by atoms with Crippen LogP contribution in [0.1, 0.15) is 63.4 Å². The molecule has 1 aromatic rings. The lowest BCUT2D eigenvalue weighted by Gasteiger charge is -2.30. The number of carbonyl (C=O) groups excluding carboxylic acids is 2. The van der Waals surface area contributed by atoms with Crippen LogP contribution in [-0.4, -0.2) is 39.4 Å². The Morgan fingerprint density at radius 1 is 1.11 bits per heavy atom. The van der Waals surface area contributed by atoms with Gasteiger partial charge in [-0.15, -0.1) is 0 Å². The van der Waals surface area contributed by atoms with E-state index >= 15 is 0 Å². The summed E-state index contributed by atoms with van der Waals surface area (Å²) in [6.45, 7) is 5.11. The van der Waals surface area contributed by atoms with E-state index in [2.05, 4.69) is 21.8 Å². The van der Waals surface area contributed by atoms with Crippen molar-refractivity contribution in [3.05, 3.63) is 17.7 Å². The molecular weight excluding hydrogens is 340 g/mol. The second kappa shape index (κ2) is 8.03. The summed E-state index contributed by atoms with van der Waals surface area (Å²) in [4.78, 5) is 31.5. The number of rotatable bonds is 5. The molecule has 3 aliphatic rings. The van der Waals surface area contributed by atoms with Crippen molar-refractivity contribution in [2.24, 2.45) is 17.8 Å². The second-order valence-corrected chi connectivity index (χ2v) is 8.77. The van der Waals surface area contributed by atoms with E-state index in [9.17, 15) is 9.59 Å². The van der Waals surface area contributed by atoms with Crippen molar-refractivity contribution in [1.82, 2.24) is 19.8 Å². The van der Waals surface area contributed by atoms with E-state index < -0.39 is 0 Å². The van der Waals surface area contributed by atoms with Crippen molar-refractivity contribution in [2.75, 3.05) is 13.1 Å². The molecular formula is C21H32N4O2. The van der Waals surface area contributed by atoms with Crippen molar-refractivity contribution in [2.45, 2.75) is 71.4 Å². The molecule has 0 spiro atoms. The van der Waals surface area contributed by atoms with Gasteiger partial charge < -0.3 is 14.8 Å². The minimum atomic E-state index is 0.144. The highest BCUT2D eigenvalue weighted by atomic mass is 16.2. The van der Waals surface area contributed by atoms with Gasteiger partial charge in [-0.1, -0.05) is 6.92 Å². The van der Waals surface area contributed by atoms with E-state index in [1.807, 2.05) is 11.1 Å². The lowest BCUT2D eigenvalue weighted by Crippen LogP contribution is -2.39. The normalized spacial score (nSPS) is 25.6. The van der Waals surface area contributed by atoms with Crippen LogP contribution in [0, 0.1) is 17.8 Å². The van der Waals surface area contributed by atoms with Crippen molar-refractivity contribution in [3.63, 3.8) is 0 Å². The molecule has 148 valence electrons. The van der Waals surface area contributed by atoms with Crippen LogP contribution in [0.3, 0.4) is 0 Å². The summed E-state index contributed by atoms with van der Waals surface area (Å²) < 4.78 is 2.20. The van der Waals surface area contributed by atoms with Crippen molar-refractivity contribution in [1.29, 1.82) is 0 Å². The van der Waals surface area contributed by atoms with Gasteiger partial charge in [-0.05, 0) is 50.4 Å². The van der Waals surface area contributed by atoms with Gasteiger partial charge in [0.05, 0.1) is 18.4 Å². The zero-order chi connectivity index (χ0) is 18.8. The molecule has 2 amide bonds. The quantitative estimate of drug-likeness (QED) is 0.864. The summed E-state index contributed by atoms with van der Waals surface area (Å²) in [5.41, 5.74) is 1.05. The number of aromatic nitrogens is 2. The van der Waals surface area contributed by atoms with Crippen LogP contribution in [0.15, 0.2) is 6.20 Å². The fourth-order valence-electron chi connectivity index (χ4n) is 4.47.